The second-order valence-electron chi connectivity index (χ2n) is 7.40. The number of amides is 1. The molecular weight excluding hydrogens is 340 g/mol. The minimum atomic E-state index is -0.265. The van der Waals surface area contributed by atoms with Crippen molar-refractivity contribution in [3.8, 4) is 0 Å². The Labute approximate surface area is 161 Å². The van der Waals surface area contributed by atoms with Gasteiger partial charge in [-0.05, 0) is 51.5 Å². The van der Waals surface area contributed by atoms with E-state index in [9.17, 15) is 4.79 Å². The van der Waals surface area contributed by atoms with E-state index in [1.54, 1.807) is 6.20 Å². The highest BCUT2D eigenvalue weighted by Gasteiger charge is 2.15. The number of hydrogen-bond acceptors (Lipinski definition) is 3. The highest BCUT2D eigenvalue weighted by Crippen LogP contribution is 2.09. The number of benzene rings is 1. The first-order valence-electron chi connectivity index (χ1n) is 9.19. The maximum absolute atomic E-state index is 12.3. The summed E-state index contributed by atoms with van der Waals surface area (Å²) in [4.78, 5) is 17.0. The maximum Gasteiger partial charge on any atom is 0.251 e. The molecule has 0 fully saturated rings. The van der Waals surface area contributed by atoms with Crippen molar-refractivity contribution >= 4 is 11.9 Å². The first-order chi connectivity index (χ1) is 12.8. The van der Waals surface area contributed by atoms with Crippen molar-refractivity contribution in [1.82, 2.24) is 25.7 Å². The average Bonchev–Trinajstić information content (AvgIpc) is 3.01. The Morgan fingerprint density at radius 3 is 2.63 bits per heavy atom. The number of nitrogens with zero attached hydrogens (tertiary/aromatic N) is 3. The molecule has 0 aliphatic heterocycles. The summed E-state index contributed by atoms with van der Waals surface area (Å²) < 4.78 is 1.83. The molecule has 0 aliphatic carbocycles. The van der Waals surface area contributed by atoms with Crippen LogP contribution in [0.5, 0.6) is 0 Å². The number of aryl methyl sites for hydroxylation is 1. The van der Waals surface area contributed by atoms with E-state index in [0.717, 1.165) is 23.8 Å². The zero-order valence-corrected chi connectivity index (χ0v) is 16.8. The number of carbonyl (C=O) groups is 1. The van der Waals surface area contributed by atoms with E-state index >= 15 is 0 Å². The normalized spacial score (nSPS) is 12.0. The summed E-state index contributed by atoms with van der Waals surface area (Å²) >= 11 is 0. The molecular formula is C20H30N6O. The van der Waals surface area contributed by atoms with Crippen molar-refractivity contribution in [3.63, 3.8) is 0 Å². The summed E-state index contributed by atoms with van der Waals surface area (Å²) in [6.45, 7) is 9.82. The average molecular weight is 371 g/mol. The number of aromatic nitrogens is 2. The molecule has 27 heavy (non-hydrogen) atoms. The van der Waals surface area contributed by atoms with E-state index in [4.69, 9.17) is 0 Å². The smallest absolute Gasteiger partial charge is 0.251 e. The third-order valence-corrected chi connectivity index (χ3v) is 3.80. The Balaban J connectivity index is 2.03. The molecule has 2 aromatic rings. The number of guanidine groups is 1. The second kappa shape index (κ2) is 9.21. The van der Waals surface area contributed by atoms with Gasteiger partial charge in [0.25, 0.3) is 5.91 Å². The summed E-state index contributed by atoms with van der Waals surface area (Å²) in [5.74, 6) is 0.651. The summed E-state index contributed by atoms with van der Waals surface area (Å²) in [6, 6.07) is 9.53. The molecule has 2 rings (SSSR count). The van der Waals surface area contributed by atoms with Crippen molar-refractivity contribution in [2.45, 2.75) is 46.3 Å². The maximum atomic E-state index is 12.3. The van der Waals surface area contributed by atoms with Gasteiger partial charge in [-0.2, -0.15) is 5.10 Å². The zero-order valence-electron chi connectivity index (χ0n) is 16.8. The Morgan fingerprint density at radius 1 is 1.22 bits per heavy atom. The molecule has 7 heteroatoms. The van der Waals surface area contributed by atoms with Gasteiger partial charge in [0.05, 0.1) is 18.8 Å². The molecule has 1 aromatic heterocycles. The lowest BCUT2D eigenvalue weighted by Gasteiger charge is -2.20. The van der Waals surface area contributed by atoms with Crippen molar-refractivity contribution < 1.29 is 4.79 Å². The standard InChI is InChI=1S/C20H30N6O/c1-6-21-19(23-14-17-10-11-24-26(17)5)22-13-15-8-7-9-16(12-15)18(27)25-20(2,3)4/h7-12H,6,13-14H2,1-5H3,(H,25,27)(H2,21,22,23). The fourth-order valence-electron chi connectivity index (χ4n) is 2.48. The minimum Gasteiger partial charge on any atom is -0.357 e. The lowest BCUT2D eigenvalue weighted by atomic mass is 10.1. The predicted octanol–water partition coefficient (Wildman–Crippen LogP) is 2.20. The summed E-state index contributed by atoms with van der Waals surface area (Å²) in [7, 11) is 1.91. The molecule has 0 saturated heterocycles. The highest BCUT2D eigenvalue weighted by molar-refractivity contribution is 5.94. The highest BCUT2D eigenvalue weighted by atomic mass is 16.1. The van der Waals surface area contributed by atoms with Crippen LogP contribution in [-0.4, -0.2) is 33.7 Å². The molecule has 1 aromatic carbocycles. The van der Waals surface area contributed by atoms with Gasteiger partial charge in [-0.3, -0.25) is 9.48 Å². The van der Waals surface area contributed by atoms with E-state index in [1.165, 1.54) is 0 Å². The van der Waals surface area contributed by atoms with Crippen LogP contribution in [0, 0.1) is 0 Å². The summed E-state index contributed by atoms with van der Waals surface area (Å²) in [5.41, 5.74) is 2.43. The van der Waals surface area contributed by atoms with Crippen LogP contribution in [0.1, 0.15) is 49.3 Å². The topological polar surface area (TPSA) is 83.3 Å². The van der Waals surface area contributed by atoms with Gasteiger partial charge in [0.1, 0.15) is 0 Å². The van der Waals surface area contributed by atoms with Gasteiger partial charge in [0.2, 0.25) is 0 Å². The molecule has 0 unspecified atom stereocenters. The number of hydrogen-bond donors (Lipinski definition) is 3. The van der Waals surface area contributed by atoms with Crippen LogP contribution in [0.2, 0.25) is 0 Å². The second-order valence-corrected chi connectivity index (χ2v) is 7.40. The lowest BCUT2D eigenvalue weighted by Crippen LogP contribution is -2.40. The van der Waals surface area contributed by atoms with Crippen molar-refractivity contribution in [2.75, 3.05) is 6.54 Å². The summed E-state index contributed by atoms with van der Waals surface area (Å²) in [5, 5.41) is 13.7. The van der Waals surface area contributed by atoms with Crippen molar-refractivity contribution in [3.05, 3.63) is 53.3 Å². The summed E-state index contributed by atoms with van der Waals surface area (Å²) in [6.07, 6.45) is 1.77. The van der Waals surface area contributed by atoms with E-state index in [-0.39, 0.29) is 11.4 Å². The Morgan fingerprint density at radius 2 is 2.00 bits per heavy atom. The fourth-order valence-corrected chi connectivity index (χ4v) is 2.48. The molecule has 1 heterocycles. The van der Waals surface area contributed by atoms with E-state index in [2.05, 4.69) is 26.0 Å². The van der Waals surface area contributed by atoms with Crippen LogP contribution in [0.4, 0.5) is 0 Å². The molecule has 146 valence electrons. The molecule has 3 N–H and O–H groups in total. The van der Waals surface area contributed by atoms with Crippen LogP contribution in [-0.2, 0) is 20.1 Å². The van der Waals surface area contributed by atoms with Crippen LogP contribution in [0.15, 0.2) is 41.5 Å². The molecule has 0 aliphatic rings. The van der Waals surface area contributed by atoms with E-state index in [0.29, 0.717) is 18.7 Å². The van der Waals surface area contributed by atoms with E-state index < -0.39 is 0 Å². The predicted molar refractivity (Wildman–Crippen MR) is 109 cm³/mol. The molecule has 7 nitrogen and oxygen atoms in total. The van der Waals surface area contributed by atoms with Gasteiger partial charge in [-0.25, -0.2) is 4.99 Å². The van der Waals surface area contributed by atoms with Crippen LogP contribution >= 0.6 is 0 Å². The third kappa shape index (κ3) is 6.77. The molecule has 0 atom stereocenters. The number of aliphatic imine (C=N–C) groups is 1. The van der Waals surface area contributed by atoms with Gasteiger partial charge in [-0.1, -0.05) is 12.1 Å². The quantitative estimate of drug-likeness (QED) is 0.538. The Kier molecular flexibility index (Phi) is 6.98. The first-order valence-corrected chi connectivity index (χ1v) is 9.19. The van der Waals surface area contributed by atoms with E-state index in [1.807, 2.05) is 69.8 Å². The van der Waals surface area contributed by atoms with Crippen LogP contribution in [0.3, 0.4) is 0 Å². The molecule has 0 saturated carbocycles. The SMILES string of the molecule is CCNC(=NCc1cccc(C(=O)NC(C)(C)C)c1)NCc1ccnn1C. The van der Waals surface area contributed by atoms with Gasteiger partial charge in [0, 0.05) is 30.9 Å². The van der Waals surface area contributed by atoms with Crippen molar-refractivity contribution in [1.29, 1.82) is 0 Å². The van der Waals surface area contributed by atoms with Gasteiger partial charge >= 0.3 is 0 Å². The Bertz CT molecular complexity index is 788. The number of rotatable bonds is 6. The first kappa shape index (κ1) is 20.5. The van der Waals surface area contributed by atoms with Gasteiger partial charge in [-0.15, -0.1) is 0 Å². The molecule has 0 radical (unpaired) electrons. The van der Waals surface area contributed by atoms with Crippen LogP contribution in [0.25, 0.3) is 0 Å². The third-order valence-electron chi connectivity index (χ3n) is 3.80. The fraction of sp³-hybridized carbons (Fsp3) is 0.450. The molecule has 0 spiro atoms. The molecule has 0 bridgehead atoms. The van der Waals surface area contributed by atoms with Crippen LogP contribution < -0.4 is 16.0 Å². The number of carbonyl (C=O) groups excluding carboxylic acids is 1. The molecule has 1 amide bonds. The van der Waals surface area contributed by atoms with Gasteiger partial charge in [0.15, 0.2) is 5.96 Å². The largest absolute Gasteiger partial charge is 0.357 e. The number of nitrogens with one attached hydrogen (secondary N) is 3. The zero-order chi connectivity index (χ0) is 19.9. The Hall–Kier alpha value is -2.83. The minimum absolute atomic E-state index is 0.0745. The monoisotopic (exact) mass is 370 g/mol. The van der Waals surface area contributed by atoms with Gasteiger partial charge < -0.3 is 16.0 Å². The van der Waals surface area contributed by atoms with Crippen molar-refractivity contribution in [2.24, 2.45) is 12.0 Å². The lowest BCUT2D eigenvalue weighted by molar-refractivity contribution is 0.0919.